The fourth-order valence-electron chi connectivity index (χ4n) is 1.62. The lowest BCUT2D eigenvalue weighted by Crippen LogP contribution is -2.27. The minimum atomic E-state index is -0.595. The predicted octanol–water partition coefficient (Wildman–Crippen LogP) is 0.712. The van der Waals surface area contributed by atoms with Crippen LogP contribution in [0.25, 0.3) is 0 Å². The smallest absolute Gasteiger partial charge is 0.314 e. The van der Waals surface area contributed by atoms with Gasteiger partial charge in [0.25, 0.3) is 0 Å². The SMILES string of the molecule is CN(C)c1ccc(CC(N)CC(=O)OC=O)cc1. The Hall–Kier alpha value is -1.88. The molecular weight excluding hydrogens is 232 g/mol. The summed E-state index contributed by atoms with van der Waals surface area (Å²) in [6.45, 7) is 0.126. The van der Waals surface area contributed by atoms with Gasteiger partial charge in [0.15, 0.2) is 0 Å². The zero-order valence-electron chi connectivity index (χ0n) is 10.6. The summed E-state index contributed by atoms with van der Waals surface area (Å²) in [5.74, 6) is -0.595. The third-order valence-corrected chi connectivity index (χ3v) is 2.56. The van der Waals surface area contributed by atoms with Gasteiger partial charge in [-0.2, -0.15) is 0 Å². The van der Waals surface area contributed by atoms with Crippen LogP contribution >= 0.6 is 0 Å². The Balaban J connectivity index is 2.51. The molecule has 0 aliphatic rings. The van der Waals surface area contributed by atoms with Crippen LogP contribution in [-0.4, -0.2) is 32.6 Å². The molecule has 0 saturated carbocycles. The maximum atomic E-state index is 11.0. The number of nitrogens with zero attached hydrogens (tertiary/aromatic N) is 1. The van der Waals surface area contributed by atoms with Gasteiger partial charge in [-0.1, -0.05) is 12.1 Å². The van der Waals surface area contributed by atoms with Gasteiger partial charge in [-0.15, -0.1) is 0 Å². The minimum Gasteiger partial charge on any atom is -0.395 e. The number of ether oxygens (including phenoxy) is 1. The van der Waals surface area contributed by atoms with Gasteiger partial charge in [0.1, 0.15) is 0 Å². The van der Waals surface area contributed by atoms with E-state index in [1.807, 2.05) is 43.3 Å². The van der Waals surface area contributed by atoms with E-state index in [0.717, 1.165) is 11.3 Å². The molecular formula is C13H18N2O3. The van der Waals surface area contributed by atoms with Gasteiger partial charge in [0.05, 0.1) is 6.42 Å². The van der Waals surface area contributed by atoms with Crippen LogP contribution in [0.1, 0.15) is 12.0 Å². The molecule has 2 N–H and O–H groups in total. The summed E-state index contributed by atoms with van der Waals surface area (Å²) in [5, 5.41) is 0. The van der Waals surface area contributed by atoms with Gasteiger partial charge in [0, 0.05) is 25.8 Å². The molecule has 5 nitrogen and oxygen atoms in total. The predicted molar refractivity (Wildman–Crippen MR) is 69.2 cm³/mol. The van der Waals surface area contributed by atoms with Crippen LogP contribution in [0.3, 0.4) is 0 Å². The summed E-state index contributed by atoms with van der Waals surface area (Å²) < 4.78 is 4.19. The van der Waals surface area contributed by atoms with Crippen molar-refractivity contribution in [2.75, 3.05) is 19.0 Å². The Kier molecular flexibility index (Phi) is 5.32. The first-order valence-corrected chi connectivity index (χ1v) is 5.68. The van der Waals surface area contributed by atoms with Crippen molar-refractivity contribution >= 4 is 18.1 Å². The second-order valence-corrected chi connectivity index (χ2v) is 4.32. The first-order chi connectivity index (χ1) is 8.52. The van der Waals surface area contributed by atoms with Gasteiger partial charge in [-0.3, -0.25) is 9.59 Å². The van der Waals surface area contributed by atoms with Gasteiger partial charge >= 0.3 is 12.4 Å². The van der Waals surface area contributed by atoms with E-state index in [1.54, 1.807) is 0 Å². The normalized spacial score (nSPS) is 11.7. The number of anilines is 1. The molecule has 0 aromatic heterocycles. The zero-order valence-corrected chi connectivity index (χ0v) is 10.6. The van der Waals surface area contributed by atoms with E-state index >= 15 is 0 Å². The average molecular weight is 250 g/mol. The zero-order chi connectivity index (χ0) is 13.5. The molecule has 0 radical (unpaired) electrons. The largest absolute Gasteiger partial charge is 0.395 e. The molecule has 0 saturated heterocycles. The van der Waals surface area contributed by atoms with E-state index in [-0.39, 0.29) is 18.9 Å². The van der Waals surface area contributed by atoms with Crippen LogP contribution in [0, 0.1) is 0 Å². The van der Waals surface area contributed by atoms with Crippen molar-refractivity contribution in [2.45, 2.75) is 18.9 Å². The number of benzene rings is 1. The van der Waals surface area contributed by atoms with Gasteiger partial charge in [-0.05, 0) is 24.1 Å². The van der Waals surface area contributed by atoms with E-state index < -0.39 is 5.97 Å². The highest BCUT2D eigenvalue weighted by atomic mass is 16.6. The van der Waals surface area contributed by atoms with Crippen LogP contribution in [0.4, 0.5) is 5.69 Å². The molecule has 1 atom stereocenters. The summed E-state index contributed by atoms with van der Waals surface area (Å²) in [7, 11) is 3.94. The van der Waals surface area contributed by atoms with Crippen molar-refractivity contribution in [3.8, 4) is 0 Å². The lowest BCUT2D eigenvalue weighted by atomic mass is 10.0. The van der Waals surface area contributed by atoms with E-state index in [0.29, 0.717) is 6.42 Å². The summed E-state index contributed by atoms with van der Waals surface area (Å²) in [6.07, 6.45) is 0.607. The summed E-state index contributed by atoms with van der Waals surface area (Å²) in [6, 6.07) is 7.58. The second-order valence-electron chi connectivity index (χ2n) is 4.32. The highest BCUT2D eigenvalue weighted by Crippen LogP contribution is 2.13. The second kappa shape index (κ2) is 6.76. The van der Waals surface area contributed by atoms with Gasteiger partial charge in [0.2, 0.25) is 0 Å². The molecule has 1 aromatic carbocycles. The number of nitrogens with two attached hydrogens (primary N) is 1. The van der Waals surface area contributed by atoms with Gasteiger partial charge < -0.3 is 15.4 Å². The molecule has 0 fully saturated rings. The third-order valence-electron chi connectivity index (χ3n) is 2.56. The molecule has 0 spiro atoms. The van der Waals surface area contributed by atoms with Crippen molar-refractivity contribution < 1.29 is 14.3 Å². The number of rotatable bonds is 6. The lowest BCUT2D eigenvalue weighted by molar-refractivity contribution is -0.151. The van der Waals surface area contributed by atoms with Crippen LogP contribution < -0.4 is 10.6 Å². The monoisotopic (exact) mass is 250 g/mol. The molecule has 0 aliphatic carbocycles. The maximum Gasteiger partial charge on any atom is 0.314 e. The Bertz CT molecular complexity index is 401. The Morgan fingerprint density at radius 3 is 2.50 bits per heavy atom. The van der Waals surface area contributed by atoms with Crippen LogP contribution in [0.5, 0.6) is 0 Å². The summed E-state index contributed by atoms with van der Waals surface area (Å²) >= 11 is 0. The van der Waals surface area contributed by atoms with Crippen LogP contribution in [0.2, 0.25) is 0 Å². The fourth-order valence-corrected chi connectivity index (χ4v) is 1.62. The van der Waals surface area contributed by atoms with Gasteiger partial charge in [-0.25, -0.2) is 0 Å². The Labute approximate surface area is 107 Å². The van der Waals surface area contributed by atoms with Crippen molar-refractivity contribution in [3.63, 3.8) is 0 Å². The maximum absolute atomic E-state index is 11.0. The van der Waals surface area contributed by atoms with Crippen LogP contribution in [0.15, 0.2) is 24.3 Å². The van der Waals surface area contributed by atoms with Crippen molar-refractivity contribution in [1.29, 1.82) is 0 Å². The molecule has 18 heavy (non-hydrogen) atoms. The number of carbonyl (C=O) groups excluding carboxylic acids is 2. The van der Waals surface area contributed by atoms with E-state index in [4.69, 9.17) is 5.73 Å². The molecule has 0 heterocycles. The fraction of sp³-hybridized carbons (Fsp3) is 0.385. The first-order valence-electron chi connectivity index (χ1n) is 5.68. The Morgan fingerprint density at radius 2 is 2.00 bits per heavy atom. The molecule has 0 amide bonds. The van der Waals surface area contributed by atoms with E-state index in [1.165, 1.54) is 0 Å². The highest BCUT2D eigenvalue weighted by molar-refractivity contribution is 5.76. The third kappa shape index (κ3) is 4.55. The highest BCUT2D eigenvalue weighted by Gasteiger charge is 2.11. The minimum absolute atomic E-state index is 0.0359. The molecule has 1 rings (SSSR count). The molecule has 1 aromatic rings. The lowest BCUT2D eigenvalue weighted by Gasteiger charge is -2.14. The molecule has 1 unspecified atom stereocenters. The number of carbonyl (C=O) groups is 2. The number of hydrogen-bond donors (Lipinski definition) is 1. The topological polar surface area (TPSA) is 72.6 Å². The van der Waals surface area contributed by atoms with E-state index in [2.05, 4.69) is 4.74 Å². The van der Waals surface area contributed by atoms with Crippen molar-refractivity contribution in [3.05, 3.63) is 29.8 Å². The molecule has 0 aliphatic heterocycles. The summed E-state index contributed by atoms with van der Waals surface area (Å²) in [4.78, 5) is 23.0. The standard InChI is InChI=1S/C13H18N2O3/c1-15(2)12-5-3-10(4-6-12)7-11(14)8-13(17)18-9-16/h3-6,9,11H,7-8,14H2,1-2H3. The Morgan fingerprint density at radius 1 is 1.39 bits per heavy atom. The van der Waals surface area contributed by atoms with Crippen molar-refractivity contribution in [1.82, 2.24) is 0 Å². The molecule has 98 valence electrons. The summed E-state index contributed by atoms with van der Waals surface area (Å²) in [5.41, 5.74) is 7.96. The molecule has 0 bridgehead atoms. The first kappa shape index (κ1) is 14.2. The van der Waals surface area contributed by atoms with E-state index in [9.17, 15) is 9.59 Å². The quantitative estimate of drug-likeness (QED) is 0.457. The van der Waals surface area contributed by atoms with Crippen molar-refractivity contribution in [2.24, 2.45) is 5.73 Å². The van der Waals surface area contributed by atoms with Crippen LogP contribution in [-0.2, 0) is 20.7 Å². The average Bonchev–Trinajstić information content (AvgIpc) is 2.29. The number of hydrogen-bond acceptors (Lipinski definition) is 5. The number of esters is 1. The molecule has 5 heteroatoms.